The summed E-state index contributed by atoms with van der Waals surface area (Å²) < 4.78 is 5.44. The molecule has 1 atom stereocenters. The van der Waals surface area contributed by atoms with Gasteiger partial charge in [-0.15, -0.1) is 0 Å². The summed E-state index contributed by atoms with van der Waals surface area (Å²) in [6.45, 7) is 5.35. The first-order valence-corrected chi connectivity index (χ1v) is 8.66. The van der Waals surface area contributed by atoms with Crippen molar-refractivity contribution in [2.45, 2.75) is 38.6 Å². The van der Waals surface area contributed by atoms with Gasteiger partial charge in [0.05, 0.1) is 12.2 Å². The van der Waals surface area contributed by atoms with Gasteiger partial charge in [0, 0.05) is 12.1 Å². The van der Waals surface area contributed by atoms with Crippen molar-refractivity contribution in [3.8, 4) is 0 Å². The van der Waals surface area contributed by atoms with Gasteiger partial charge in [0.1, 0.15) is 10.4 Å². The standard InChI is InChI=1S/C16H23BrN4O3/c1-16(2)8-10(4-3-7-24-15(19)23)9-21(16)14-11(13(18)22)5-6-12(17)20-14/h5-6,10H,3-4,7-9H2,1-2H3,(H2,18,22)(H2,19,23). The van der Waals surface area contributed by atoms with Gasteiger partial charge in [0.2, 0.25) is 0 Å². The lowest BCUT2D eigenvalue weighted by Crippen LogP contribution is -2.40. The Morgan fingerprint density at radius 1 is 1.42 bits per heavy atom. The second kappa shape index (κ2) is 7.38. The van der Waals surface area contributed by atoms with E-state index in [-0.39, 0.29) is 5.54 Å². The molecule has 1 aliphatic heterocycles. The van der Waals surface area contributed by atoms with Gasteiger partial charge in [-0.25, -0.2) is 9.78 Å². The Labute approximate surface area is 149 Å². The Bertz CT molecular complexity index is 636. The van der Waals surface area contributed by atoms with Gasteiger partial charge >= 0.3 is 6.09 Å². The normalized spacial score (nSPS) is 19.3. The van der Waals surface area contributed by atoms with E-state index >= 15 is 0 Å². The molecule has 8 heteroatoms. The summed E-state index contributed by atoms with van der Waals surface area (Å²) in [6.07, 6.45) is 1.88. The zero-order valence-electron chi connectivity index (χ0n) is 13.9. The molecule has 24 heavy (non-hydrogen) atoms. The lowest BCUT2D eigenvalue weighted by molar-refractivity contribution is 0.1000. The fraction of sp³-hybridized carbons (Fsp3) is 0.562. The molecule has 1 unspecified atom stereocenters. The topological polar surface area (TPSA) is 112 Å². The number of nitrogens with zero attached hydrogens (tertiary/aromatic N) is 2. The van der Waals surface area contributed by atoms with Crippen molar-refractivity contribution >= 4 is 33.7 Å². The summed E-state index contributed by atoms with van der Waals surface area (Å²) in [6, 6.07) is 3.41. The molecule has 4 N–H and O–H groups in total. The third kappa shape index (κ3) is 4.37. The smallest absolute Gasteiger partial charge is 0.404 e. The van der Waals surface area contributed by atoms with Crippen LogP contribution in [0.1, 0.15) is 43.5 Å². The second-order valence-electron chi connectivity index (χ2n) is 6.67. The molecule has 7 nitrogen and oxygen atoms in total. The summed E-state index contributed by atoms with van der Waals surface area (Å²) in [5, 5.41) is 0. The Balaban J connectivity index is 2.12. The second-order valence-corrected chi connectivity index (χ2v) is 7.48. The number of hydrogen-bond donors (Lipinski definition) is 2. The largest absolute Gasteiger partial charge is 0.450 e. The summed E-state index contributed by atoms with van der Waals surface area (Å²) in [5.41, 5.74) is 10.7. The maximum Gasteiger partial charge on any atom is 0.404 e. The van der Waals surface area contributed by atoms with E-state index in [1.54, 1.807) is 12.1 Å². The van der Waals surface area contributed by atoms with Crippen LogP contribution in [0, 0.1) is 5.92 Å². The maximum atomic E-state index is 11.7. The van der Waals surface area contributed by atoms with Crippen LogP contribution in [0.3, 0.4) is 0 Å². The summed E-state index contributed by atoms with van der Waals surface area (Å²) in [5.74, 6) is 0.537. The molecule has 0 aromatic carbocycles. The highest BCUT2D eigenvalue weighted by Crippen LogP contribution is 2.39. The number of hydrogen-bond acceptors (Lipinski definition) is 5. The van der Waals surface area contributed by atoms with E-state index in [1.165, 1.54) is 0 Å². The average Bonchev–Trinajstić information content (AvgIpc) is 2.77. The van der Waals surface area contributed by atoms with Gasteiger partial charge < -0.3 is 21.1 Å². The lowest BCUT2D eigenvalue weighted by atomic mass is 9.93. The van der Waals surface area contributed by atoms with Gasteiger partial charge in [-0.05, 0) is 67.1 Å². The molecular formula is C16H23BrN4O3. The molecule has 2 amide bonds. The zero-order chi connectivity index (χ0) is 17.9. The van der Waals surface area contributed by atoms with E-state index in [1.807, 2.05) is 0 Å². The number of carbonyl (C=O) groups excluding carboxylic acids is 2. The molecule has 132 valence electrons. The molecule has 1 aromatic heterocycles. The molecule has 1 saturated heterocycles. The molecule has 0 saturated carbocycles. The first kappa shape index (κ1) is 18.5. The van der Waals surface area contributed by atoms with Crippen molar-refractivity contribution in [3.05, 3.63) is 22.3 Å². The molecule has 0 aliphatic carbocycles. The van der Waals surface area contributed by atoms with E-state index in [9.17, 15) is 9.59 Å². The summed E-state index contributed by atoms with van der Waals surface area (Å²) >= 11 is 3.36. The van der Waals surface area contributed by atoms with Crippen molar-refractivity contribution < 1.29 is 14.3 Å². The summed E-state index contributed by atoms with van der Waals surface area (Å²) in [7, 11) is 0. The van der Waals surface area contributed by atoms with Gasteiger partial charge in [-0.1, -0.05) is 0 Å². The molecule has 0 bridgehead atoms. The van der Waals surface area contributed by atoms with Crippen LogP contribution in [0.5, 0.6) is 0 Å². The fourth-order valence-corrected chi connectivity index (χ4v) is 3.62. The van der Waals surface area contributed by atoms with Gasteiger partial charge in [0.25, 0.3) is 5.91 Å². The number of primary amides is 2. The van der Waals surface area contributed by atoms with Crippen molar-refractivity contribution in [2.24, 2.45) is 17.4 Å². The highest BCUT2D eigenvalue weighted by atomic mass is 79.9. The first-order valence-electron chi connectivity index (χ1n) is 7.87. The Morgan fingerprint density at radius 2 is 2.12 bits per heavy atom. The minimum Gasteiger partial charge on any atom is -0.450 e. The highest BCUT2D eigenvalue weighted by Gasteiger charge is 2.40. The lowest BCUT2D eigenvalue weighted by Gasteiger charge is -2.33. The van der Waals surface area contributed by atoms with E-state index in [0.29, 0.717) is 28.5 Å². The molecule has 1 aromatic rings. The van der Waals surface area contributed by atoms with E-state index in [2.05, 4.69) is 39.7 Å². The van der Waals surface area contributed by atoms with Crippen LogP contribution in [-0.4, -0.2) is 35.7 Å². The third-order valence-corrected chi connectivity index (χ3v) is 4.76. The fourth-order valence-electron chi connectivity index (χ4n) is 3.32. The highest BCUT2D eigenvalue weighted by molar-refractivity contribution is 9.10. The van der Waals surface area contributed by atoms with Crippen LogP contribution < -0.4 is 16.4 Å². The van der Waals surface area contributed by atoms with Crippen LogP contribution in [0.4, 0.5) is 10.6 Å². The minimum absolute atomic E-state index is 0.146. The number of pyridine rings is 1. The molecule has 2 heterocycles. The molecular weight excluding hydrogens is 376 g/mol. The van der Waals surface area contributed by atoms with Gasteiger partial charge in [-0.3, -0.25) is 4.79 Å². The zero-order valence-corrected chi connectivity index (χ0v) is 15.5. The monoisotopic (exact) mass is 398 g/mol. The average molecular weight is 399 g/mol. The maximum absolute atomic E-state index is 11.7. The number of amides is 2. The Morgan fingerprint density at radius 3 is 2.75 bits per heavy atom. The molecule has 0 radical (unpaired) electrons. The van der Waals surface area contributed by atoms with Crippen molar-refractivity contribution in [2.75, 3.05) is 18.1 Å². The van der Waals surface area contributed by atoms with Crippen molar-refractivity contribution in [1.29, 1.82) is 0 Å². The van der Waals surface area contributed by atoms with Crippen LogP contribution in [-0.2, 0) is 4.74 Å². The molecule has 0 spiro atoms. The number of rotatable bonds is 6. The Kier molecular flexibility index (Phi) is 5.69. The van der Waals surface area contributed by atoms with E-state index in [4.69, 9.17) is 16.2 Å². The molecule has 2 rings (SSSR count). The predicted octanol–water partition coefficient (Wildman–Crippen LogP) is 2.42. The Hall–Kier alpha value is -1.83. The van der Waals surface area contributed by atoms with Crippen LogP contribution >= 0.6 is 15.9 Å². The van der Waals surface area contributed by atoms with Gasteiger partial charge in [-0.2, -0.15) is 0 Å². The van der Waals surface area contributed by atoms with Crippen molar-refractivity contribution in [1.82, 2.24) is 4.98 Å². The number of anilines is 1. The van der Waals surface area contributed by atoms with Crippen molar-refractivity contribution in [3.63, 3.8) is 0 Å². The quantitative estimate of drug-likeness (QED) is 0.564. The van der Waals surface area contributed by atoms with Crippen LogP contribution in [0.15, 0.2) is 16.7 Å². The van der Waals surface area contributed by atoms with Crippen LogP contribution in [0.25, 0.3) is 0 Å². The predicted molar refractivity (Wildman–Crippen MR) is 94.8 cm³/mol. The number of ether oxygens (including phenoxy) is 1. The number of carbonyl (C=O) groups is 2. The van der Waals surface area contributed by atoms with Crippen LogP contribution in [0.2, 0.25) is 0 Å². The van der Waals surface area contributed by atoms with Gasteiger partial charge in [0.15, 0.2) is 0 Å². The molecule has 1 aliphatic rings. The number of aromatic nitrogens is 1. The summed E-state index contributed by atoms with van der Waals surface area (Å²) in [4.78, 5) is 29.0. The minimum atomic E-state index is -0.743. The van der Waals surface area contributed by atoms with E-state index < -0.39 is 12.0 Å². The number of nitrogens with two attached hydrogens (primary N) is 2. The third-order valence-electron chi connectivity index (χ3n) is 4.32. The molecule has 1 fully saturated rings. The van der Waals surface area contributed by atoms with E-state index in [0.717, 1.165) is 25.8 Å². The first-order chi connectivity index (χ1) is 11.2. The SMILES string of the molecule is CC1(C)CC(CCCOC(N)=O)CN1c1nc(Br)ccc1C(N)=O. The number of halogens is 1.